The quantitative estimate of drug-likeness (QED) is 0.525. The van der Waals surface area contributed by atoms with E-state index in [9.17, 15) is 0 Å². The molecule has 1 aliphatic rings. The number of ether oxygens (including phenoxy) is 2. The zero-order valence-electron chi connectivity index (χ0n) is 7.41. The topological polar surface area (TPSA) is 56.5 Å². The van der Waals surface area contributed by atoms with E-state index in [1.807, 2.05) is 25.1 Å². The molecule has 2 rings (SSSR count). The molecule has 0 amide bonds. The second-order valence-corrected chi connectivity index (χ2v) is 3.00. The monoisotopic (exact) mass is 180 g/mol. The summed E-state index contributed by atoms with van der Waals surface area (Å²) < 4.78 is 10.4. The summed E-state index contributed by atoms with van der Waals surface area (Å²) in [4.78, 5) is 0. The number of benzene rings is 1. The van der Waals surface area contributed by atoms with Gasteiger partial charge in [0.05, 0.1) is 0 Å². The first kappa shape index (κ1) is 8.34. The van der Waals surface area contributed by atoms with Crippen molar-refractivity contribution in [2.75, 3.05) is 6.79 Å². The van der Waals surface area contributed by atoms with Gasteiger partial charge in [0.25, 0.3) is 0 Å². The van der Waals surface area contributed by atoms with Crippen molar-refractivity contribution >= 4 is 0 Å². The number of nitrogens with one attached hydrogen (secondary N) is 1. The van der Waals surface area contributed by atoms with Crippen LogP contribution >= 0.6 is 0 Å². The molecule has 0 saturated heterocycles. The van der Waals surface area contributed by atoms with Gasteiger partial charge in [0.1, 0.15) is 0 Å². The van der Waals surface area contributed by atoms with Crippen molar-refractivity contribution in [3.05, 3.63) is 23.8 Å². The summed E-state index contributed by atoms with van der Waals surface area (Å²) in [5, 5.41) is 0. The van der Waals surface area contributed by atoms with Crippen molar-refractivity contribution in [1.82, 2.24) is 5.43 Å². The Morgan fingerprint density at radius 1 is 1.38 bits per heavy atom. The van der Waals surface area contributed by atoms with Crippen LogP contribution in [-0.2, 0) is 0 Å². The van der Waals surface area contributed by atoms with Crippen LogP contribution in [0.25, 0.3) is 0 Å². The predicted molar refractivity (Wildman–Crippen MR) is 48.3 cm³/mol. The van der Waals surface area contributed by atoms with E-state index in [0.29, 0.717) is 6.79 Å². The molecule has 0 spiro atoms. The molecule has 4 heteroatoms. The van der Waals surface area contributed by atoms with Crippen LogP contribution in [-0.4, -0.2) is 6.79 Å². The summed E-state index contributed by atoms with van der Waals surface area (Å²) in [5.41, 5.74) is 3.77. The molecule has 0 fully saturated rings. The van der Waals surface area contributed by atoms with Crippen molar-refractivity contribution in [2.24, 2.45) is 5.84 Å². The molecule has 70 valence electrons. The van der Waals surface area contributed by atoms with E-state index in [1.165, 1.54) is 0 Å². The Labute approximate surface area is 76.6 Å². The van der Waals surface area contributed by atoms with E-state index in [-0.39, 0.29) is 6.04 Å². The summed E-state index contributed by atoms with van der Waals surface area (Å²) in [6.07, 6.45) is 0. The third kappa shape index (κ3) is 1.46. The molecule has 0 aliphatic carbocycles. The number of hydrogen-bond donors (Lipinski definition) is 2. The standard InChI is InChI=1S/C9H12N2O2/c1-6(11-10)7-2-3-8-9(4-7)13-5-12-8/h2-4,6,11H,5,10H2,1H3/t6-/m1/s1. The van der Waals surface area contributed by atoms with E-state index < -0.39 is 0 Å². The average molecular weight is 180 g/mol. The molecule has 0 radical (unpaired) electrons. The smallest absolute Gasteiger partial charge is 0.231 e. The highest BCUT2D eigenvalue weighted by Gasteiger charge is 2.14. The maximum Gasteiger partial charge on any atom is 0.231 e. The second kappa shape index (κ2) is 3.24. The fourth-order valence-electron chi connectivity index (χ4n) is 1.28. The Morgan fingerprint density at radius 2 is 2.15 bits per heavy atom. The molecule has 13 heavy (non-hydrogen) atoms. The maximum atomic E-state index is 5.33. The van der Waals surface area contributed by atoms with Gasteiger partial charge in [0.15, 0.2) is 11.5 Å². The van der Waals surface area contributed by atoms with E-state index in [1.54, 1.807) is 0 Å². The van der Waals surface area contributed by atoms with Crippen molar-refractivity contribution in [3.8, 4) is 11.5 Å². The average Bonchev–Trinajstić information content (AvgIpc) is 2.63. The molecule has 1 aromatic rings. The molecule has 0 saturated carbocycles. The zero-order valence-corrected chi connectivity index (χ0v) is 7.41. The molecular weight excluding hydrogens is 168 g/mol. The Morgan fingerprint density at radius 3 is 2.92 bits per heavy atom. The Hall–Kier alpha value is -1.26. The largest absolute Gasteiger partial charge is 0.454 e. The second-order valence-electron chi connectivity index (χ2n) is 3.00. The molecular formula is C9H12N2O2. The summed E-state index contributed by atoms with van der Waals surface area (Å²) >= 11 is 0. The van der Waals surface area contributed by atoms with E-state index in [2.05, 4.69) is 5.43 Å². The normalized spacial score (nSPS) is 15.8. The van der Waals surface area contributed by atoms with E-state index in [4.69, 9.17) is 15.3 Å². The number of hydrazine groups is 1. The summed E-state index contributed by atoms with van der Waals surface area (Å²) in [6.45, 7) is 2.29. The fraction of sp³-hybridized carbons (Fsp3) is 0.333. The van der Waals surface area contributed by atoms with Gasteiger partial charge in [0, 0.05) is 6.04 Å². The highest BCUT2D eigenvalue weighted by atomic mass is 16.7. The van der Waals surface area contributed by atoms with Gasteiger partial charge in [-0.15, -0.1) is 0 Å². The van der Waals surface area contributed by atoms with Crippen molar-refractivity contribution in [2.45, 2.75) is 13.0 Å². The predicted octanol–water partition coefficient (Wildman–Crippen LogP) is 0.940. The summed E-state index contributed by atoms with van der Waals surface area (Å²) in [6, 6.07) is 5.92. The van der Waals surface area contributed by atoms with Gasteiger partial charge in [-0.25, -0.2) is 0 Å². The Bertz CT molecular complexity index is 314. The number of rotatable bonds is 2. The molecule has 3 N–H and O–H groups in total. The molecule has 1 aliphatic heterocycles. The van der Waals surface area contributed by atoms with Gasteiger partial charge < -0.3 is 9.47 Å². The highest BCUT2D eigenvalue weighted by Crippen LogP contribution is 2.33. The minimum atomic E-state index is 0.120. The van der Waals surface area contributed by atoms with Crippen molar-refractivity contribution < 1.29 is 9.47 Å². The third-order valence-electron chi connectivity index (χ3n) is 2.15. The molecule has 1 aromatic carbocycles. The lowest BCUT2D eigenvalue weighted by atomic mass is 10.1. The SMILES string of the molecule is C[C@@H](NN)c1ccc2c(c1)OCO2. The first-order chi connectivity index (χ1) is 6.31. The molecule has 1 heterocycles. The van der Waals surface area contributed by atoms with Crippen LogP contribution in [0, 0.1) is 0 Å². The third-order valence-corrected chi connectivity index (χ3v) is 2.15. The van der Waals surface area contributed by atoms with Crippen LogP contribution in [0.2, 0.25) is 0 Å². The first-order valence-electron chi connectivity index (χ1n) is 4.17. The zero-order chi connectivity index (χ0) is 9.26. The van der Waals surface area contributed by atoms with Gasteiger partial charge >= 0.3 is 0 Å². The summed E-state index contributed by atoms with van der Waals surface area (Å²) in [7, 11) is 0. The van der Waals surface area contributed by atoms with Gasteiger partial charge in [-0.1, -0.05) is 6.07 Å². The minimum absolute atomic E-state index is 0.120. The van der Waals surface area contributed by atoms with Gasteiger partial charge in [-0.05, 0) is 24.6 Å². The summed E-state index contributed by atoms with van der Waals surface area (Å²) in [5.74, 6) is 6.92. The van der Waals surface area contributed by atoms with Crippen LogP contribution in [0.4, 0.5) is 0 Å². The lowest BCUT2D eigenvalue weighted by molar-refractivity contribution is 0.174. The molecule has 0 aromatic heterocycles. The first-order valence-corrected chi connectivity index (χ1v) is 4.17. The van der Waals surface area contributed by atoms with Crippen molar-refractivity contribution in [1.29, 1.82) is 0 Å². The molecule has 4 nitrogen and oxygen atoms in total. The fourth-order valence-corrected chi connectivity index (χ4v) is 1.28. The number of hydrogen-bond acceptors (Lipinski definition) is 4. The van der Waals surface area contributed by atoms with E-state index >= 15 is 0 Å². The highest BCUT2D eigenvalue weighted by molar-refractivity contribution is 5.45. The number of fused-ring (bicyclic) bond motifs is 1. The van der Waals surface area contributed by atoms with Crippen LogP contribution in [0.15, 0.2) is 18.2 Å². The van der Waals surface area contributed by atoms with Crippen molar-refractivity contribution in [3.63, 3.8) is 0 Å². The van der Waals surface area contributed by atoms with Crippen LogP contribution in [0.5, 0.6) is 11.5 Å². The Kier molecular flexibility index (Phi) is 2.08. The van der Waals surface area contributed by atoms with Crippen LogP contribution in [0.1, 0.15) is 18.5 Å². The van der Waals surface area contributed by atoms with Crippen LogP contribution < -0.4 is 20.7 Å². The maximum absolute atomic E-state index is 5.33. The van der Waals surface area contributed by atoms with Gasteiger partial charge in [0.2, 0.25) is 6.79 Å². The lowest BCUT2D eigenvalue weighted by Crippen LogP contribution is -2.25. The number of nitrogens with two attached hydrogens (primary N) is 1. The Balaban J connectivity index is 2.30. The molecule has 0 bridgehead atoms. The molecule has 0 unspecified atom stereocenters. The van der Waals surface area contributed by atoms with Gasteiger partial charge in [-0.3, -0.25) is 11.3 Å². The van der Waals surface area contributed by atoms with Gasteiger partial charge in [-0.2, -0.15) is 0 Å². The van der Waals surface area contributed by atoms with Crippen LogP contribution in [0.3, 0.4) is 0 Å². The minimum Gasteiger partial charge on any atom is -0.454 e. The van der Waals surface area contributed by atoms with E-state index in [0.717, 1.165) is 17.1 Å². The molecule has 1 atom stereocenters. The lowest BCUT2D eigenvalue weighted by Gasteiger charge is -2.10.